The summed E-state index contributed by atoms with van der Waals surface area (Å²) in [5.74, 6) is 0. The van der Waals surface area contributed by atoms with Crippen molar-refractivity contribution in [2.45, 2.75) is 6.92 Å². The van der Waals surface area contributed by atoms with Crippen LogP contribution in [0.25, 0.3) is 0 Å². The van der Waals surface area contributed by atoms with E-state index in [-0.39, 0.29) is 11.4 Å². The Labute approximate surface area is 70.9 Å². The highest BCUT2D eigenvalue weighted by Gasteiger charge is 1.98. The maximum Gasteiger partial charge on any atom is 0.174 e. The van der Waals surface area contributed by atoms with E-state index in [1.807, 2.05) is 0 Å². The van der Waals surface area contributed by atoms with Crippen molar-refractivity contribution in [3.05, 3.63) is 24.0 Å². The highest BCUT2D eigenvalue weighted by molar-refractivity contribution is 5.93. The second kappa shape index (κ2) is 4.70. The number of aliphatic imine (C=N–C) groups is 1. The zero-order chi connectivity index (χ0) is 9.56. The fraction of sp³-hybridized carbons (Fsp3) is 0.125. The van der Waals surface area contributed by atoms with Crippen molar-refractivity contribution in [2.24, 2.45) is 10.7 Å². The van der Waals surface area contributed by atoms with Gasteiger partial charge in [0.05, 0.1) is 0 Å². The summed E-state index contributed by atoms with van der Waals surface area (Å²) < 4.78 is 0. The van der Waals surface area contributed by atoms with E-state index in [4.69, 9.17) is 16.3 Å². The first-order valence-electron chi connectivity index (χ1n) is 3.13. The lowest BCUT2D eigenvalue weighted by Crippen LogP contribution is -1.98. The van der Waals surface area contributed by atoms with Crippen LogP contribution in [0, 0.1) is 22.7 Å². The molecule has 0 rings (SSSR count). The van der Waals surface area contributed by atoms with Gasteiger partial charge in [0.2, 0.25) is 0 Å². The molecule has 0 amide bonds. The molecular weight excluding hydrogens is 152 g/mol. The number of nitrogens with two attached hydrogens (primary N) is 1. The van der Waals surface area contributed by atoms with Crippen LogP contribution in [0.1, 0.15) is 6.92 Å². The summed E-state index contributed by atoms with van der Waals surface area (Å²) in [5, 5.41) is 16.8. The average molecular weight is 160 g/mol. The lowest BCUT2D eigenvalue weighted by Gasteiger charge is -1.91. The van der Waals surface area contributed by atoms with Gasteiger partial charge in [0, 0.05) is 5.71 Å². The molecule has 0 aromatic carbocycles. The van der Waals surface area contributed by atoms with Crippen molar-refractivity contribution in [3.63, 3.8) is 0 Å². The maximum absolute atomic E-state index is 8.49. The third kappa shape index (κ3) is 2.68. The highest BCUT2D eigenvalue weighted by atomic mass is 14.8. The Morgan fingerprint density at radius 1 is 1.50 bits per heavy atom. The van der Waals surface area contributed by atoms with Gasteiger partial charge in [-0.2, -0.15) is 10.5 Å². The Balaban J connectivity index is 5.02. The zero-order valence-corrected chi connectivity index (χ0v) is 6.70. The predicted molar refractivity (Wildman–Crippen MR) is 45.7 cm³/mol. The van der Waals surface area contributed by atoms with E-state index in [1.54, 1.807) is 19.1 Å². The number of nitrogens with zero attached hydrogens (tertiary/aromatic N) is 3. The van der Waals surface area contributed by atoms with Crippen molar-refractivity contribution in [1.29, 1.82) is 10.5 Å². The Bertz CT molecular complexity index is 322. The largest absolute Gasteiger partial charge is 0.388 e. The van der Waals surface area contributed by atoms with E-state index in [0.29, 0.717) is 5.71 Å². The third-order valence-electron chi connectivity index (χ3n) is 1.07. The molecule has 12 heavy (non-hydrogen) atoms. The summed E-state index contributed by atoms with van der Waals surface area (Å²) in [4.78, 5) is 3.75. The molecule has 0 aliphatic rings. The standard InChI is InChI=1S/C8H8N4/c1-3-6(2)12-8(5-10)7(11)4-9/h3H,1,11H2,2H3/b8-7-,12-6?. The van der Waals surface area contributed by atoms with Crippen molar-refractivity contribution in [1.82, 2.24) is 0 Å². The molecule has 0 fully saturated rings. The van der Waals surface area contributed by atoms with Crippen LogP contribution in [-0.2, 0) is 0 Å². The average Bonchev–Trinajstić information content (AvgIpc) is 2.12. The maximum atomic E-state index is 8.49. The topological polar surface area (TPSA) is 86.0 Å². The van der Waals surface area contributed by atoms with Crippen molar-refractivity contribution < 1.29 is 0 Å². The predicted octanol–water partition coefficient (Wildman–Crippen LogP) is 0.851. The van der Waals surface area contributed by atoms with Crippen molar-refractivity contribution in [2.75, 3.05) is 0 Å². The second-order valence-corrected chi connectivity index (χ2v) is 1.94. The molecule has 4 heteroatoms. The molecule has 60 valence electrons. The molecule has 0 aromatic heterocycles. The molecule has 0 aromatic rings. The fourth-order valence-corrected chi connectivity index (χ4v) is 0.420. The third-order valence-corrected chi connectivity index (χ3v) is 1.07. The highest BCUT2D eigenvalue weighted by Crippen LogP contribution is 1.99. The summed E-state index contributed by atoms with van der Waals surface area (Å²) in [7, 11) is 0. The lowest BCUT2D eigenvalue weighted by molar-refractivity contribution is 1.26. The van der Waals surface area contributed by atoms with Gasteiger partial charge in [-0.05, 0) is 13.0 Å². The molecular formula is C8H8N4. The minimum Gasteiger partial charge on any atom is -0.388 e. The van der Waals surface area contributed by atoms with Gasteiger partial charge in [0.25, 0.3) is 0 Å². The molecule has 0 spiro atoms. The minimum absolute atomic E-state index is 0.0742. The van der Waals surface area contributed by atoms with Crippen LogP contribution in [-0.4, -0.2) is 5.71 Å². The molecule has 0 aliphatic heterocycles. The Kier molecular flexibility index (Phi) is 3.89. The molecule has 0 heterocycles. The summed E-state index contributed by atoms with van der Waals surface area (Å²) >= 11 is 0. The van der Waals surface area contributed by atoms with E-state index in [0.717, 1.165) is 0 Å². The molecule has 0 bridgehead atoms. The first kappa shape index (κ1) is 9.93. The van der Waals surface area contributed by atoms with Gasteiger partial charge in [0.15, 0.2) is 5.70 Å². The van der Waals surface area contributed by atoms with Crippen LogP contribution in [0.2, 0.25) is 0 Å². The van der Waals surface area contributed by atoms with Gasteiger partial charge >= 0.3 is 0 Å². The molecule has 0 unspecified atom stereocenters. The van der Waals surface area contributed by atoms with Crippen LogP contribution >= 0.6 is 0 Å². The van der Waals surface area contributed by atoms with Crippen LogP contribution in [0.5, 0.6) is 0 Å². The first-order valence-corrected chi connectivity index (χ1v) is 3.13. The van der Waals surface area contributed by atoms with E-state index < -0.39 is 0 Å². The molecule has 0 atom stereocenters. The lowest BCUT2D eigenvalue weighted by atomic mass is 10.3. The fourth-order valence-electron chi connectivity index (χ4n) is 0.420. The number of rotatable bonds is 2. The normalized spacial score (nSPS) is 12.4. The van der Waals surface area contributed by atoms with Crippen LogP contribution < -0.4 is 5.73 Å². The van der Waals surface area contributed by atoms with Gasteiger partial charge in [0.1, 0.15) is 17.8 Å². The van der Waals surface area contributed by atoms with Gasteiger partial charge < -0.3 is 5.73 Å². The number of nitriles is 2. The van der Waals surface area contributed by atoms with Gasteiger partial charge in [-0.1, -0.05) is 6.58 Å². The van der Waals surface area contributed by atoms with Crippen LogP contribution in [0.3, 0.4) is 0 Å². The Morgan fingerprint density at radius 2 is 2.08 bits per heavy atom. The Morgan fingerprint density at radius 3 is 2.42 bits per heavy atom. The van der Waals surface area contributed by atoms with Gasteiger partial charge in [-0.25, -0.2) is 4.99 Å². The molecule has 0 saturated heterocycles. The van der Waals surface area contributed by atoms with Gasteiger partial charge in [-0.3, -0.25) is 0 Å². The summed E-state index contributed by atoms with van der Waals surface area (Å²) in [6.07, 6.45) is 1.47. The van der Waals surface area contributed by atoms with Crippen LogP contribution in [0.15, 0.2) is 29.0 Å². The number of hydrogen-bond donors (Lipinski definition) is 1. The van der Waals surface area contributed by atoms with E-state index in [2.05, 4.69) is 11.6 Å². The number of hydrogen-bond acceptors (Lipinski definition) is 4. The quantitative estimate of drug-likeness (QED) is 0.480. The summed E-state index contributed by atoms with van der Waals surface area (Å²) in [5.41, 5.74) is 5.48. The van der Waals surface area contributed by atoms with Crippen molar-refractivity contribution in [3.8, 4) is 12.1 Å². The first-order chi connectivity index (χ1) is 5.65. The Hall–Kier alpha value is -2.07. The SMILES string of the molecule is C=CC(C)=N/C(C#N)=C(\N)C#N. The minimum atomic E-state index is -0.182. The van der Waals surface area contributed by atoms with Crippen LogP contribution in [0.4, 0.5) is 0 Å². The zero-order valence-electron chi connectivity index (χ0n) is 6.70. The summed E-state index contributed by atoms with van der Waals surface area (Å²) in [6, 6.07) is 3.35. The summed E-state index contributed by atoms with van der Waals surface area (Å²) in [6.45, 7) is 5.11. The molecule has 0 saturated carbocycles. The second-order valence-electron chi connectivity index (χ2n) is 1.94. The molecule has 0 radical (unpaired) electrons. The molecule has 2 N–H and O–H groups in total. The van der Waals surface area contributed by atoms with E-state index in [1.165, 1.54) is 6.08 Å². The number of allylic oxidation sites excluding steroid dienone is 3. The molecule has 0 aliphatic carbocycles. The smallest absolute Gasteiger partial charge is 0.174 e. The van der Waals surface area contributed by atoms with Gasteiger partial charge in [-0.15, -0.1) is 0 Å². The monoisotopic (exact) mass is 160 g/mol. The van der Waals surface area contributed by atoms with Crippen molar-refractivity contribution >= 4 is 5.71 Å². The van der Waals surface area contributed by atoms with E-state index in [9.17, 15) is 0 Å². The molecule has 4 nitrogen and oxygen atoms in total. The van der Waals surface area contributed by atoms with E-state index >= 15 is 0 Å².